The van der Waals surface area contributed by atoms with Crippen LogP contribution in [0.1, 0.15) is 11.1 Å². The van der Waals surface area contributed by atoms with Crippen LogP contribution in [0.2, 0.25) is 0 Å². The van der Waals surface area contributed by atoms with Crippen LogP contribution in [-0.2, 0) is 0 Å². The Hall–Kier alpha value is -1.50. The Morgan fingerprint density at radius 2 is 1.53 bits per heavy atom. The van der Waals surface area contributed by atoms with E-state index in [1.807, 2.05) is 12.1 Å². The van der Waals surface area contributed by atoms with E-state index in [9.17, 15) is 0 Å². The lowest BCUT2D eigenvalue weighted by atomic mass is 9.92. The molecule has 72 valence electrons. The van der Waals surface area contributed by atoms with E-state index in [1.54, 1.807) is 0 Å². The summed E-state index contributed by atoms with van der Waals surface area (Å²) in [6.07, 6.45) is 0. The van der Waals surface area contributed by atoms with Gasteiger partial charge in [-0.1, -0.05) is 53.5 Å². The summed E-state index contributed by atoms with van der Waals surface area (Å²) >= 11 is 0. The molecular formula is C14H13B. The first-order chi connectivity index (χ1) is 7.16. The number of hydrogen-bond acceptors (Lipinski definition) is 0. The lowest BCUT2D eigenvalue weighted by Gasteiger charge is -2.07. The van der Waals surface area contributed by atoms with Crippen LogP contribution < -0.4 is 5.46 Å². The summed E-state index contributed by atoms with van der Waals surface area (Å²) in [6, 6.07) is 14.5. The smallest absolute Gasteiger partial charge is 0.0966 e. The number of rotatable bonds is 1. The molecule has 0 amide bonds. The molecule has 1 heteroatoms. The second-order valence-corrected chi connectivity index (χ2v) is 3.94. The quantitative estimate of drug-likeness (QED) is 0.609. The van der Waals surface area contributed by atoms with Gasteiger partial charge in [0.25, 0.3) is 0 Å². The van der Waals surface area contributed by atoms with Crippen molar-refractivity contribution in [2.75, 3.05) is 0 Å². The normalized spacial score (nSPS) is 10.3. The first-order valence-electron chi connectivity index (χ1n) is 5.10. The van der Waals surface area contributed by atoms with E-state index in [-0.39, 0.29) is 0 Å². The Balaban J connectivity index is 2.53. The number of aryl methyl sites for hydroxylation is 2. The van der Waals surface area contributed by atoms with E-state index in [4.69, 9.17) is 7.85 Å². The third-order valence-corrected chi connectivity index (χ3v) is 2.61. The molecule has 0 nitrogen and oxygen atoms in total. The van der Waals surface area contributed by atoms with E-state index in [0.717, 1.165) is 5.46 Å². The van der Waals surface area contributed by atoms with Crippen molar-refractivity contribution >= 4 is 13.3 Å². The fourth-order valence-electron chi connectivity index (χ4n) is 1.71. The third kappa shape index (κ3) is 2.12. The van der Waals surface area contributed by atoms with Gasteiger partial charge in [0.1, 0.15) is 7.85 Å². The van der Waals surface area contributed by atoms with E-state index in [0.29, 0.717) is 0 Å². The molecule has 0 heterocycles. The summed E-state index contributed by atoms with van der Waals surface area (Å²) < 4.78 is 0. The topological polar surface area (TPSA) is 0 Å². The van der Waals surface area contributed by atoms with Gasteiger partial charge in [0.15, 0.2) is 0 Å². The highest BCUT2D eigenvalue weighted by atomic mass is 14.1. The standard InChI is InChI=1S/C14H13B/c1-10-3-4-11(2)14(9-10)12-5-7-13(15)8-6-12/h3-9H,1-2H3. The minimum Gasteiger partial charge on any atom is -0.0966 e. The first-order valence-corrected chi connectivity index (χ1v) is 5.10. The largest absolute Gasteiger partial charge is 0.113 e. The molecule has 2 aromatic rings. The molecule has 0 saturated heterocycles. The second kappa shape index (κ2) is 3.94. The van der Waals surface area contributed by atoms with E-state index in [1.165, 1.54) is 22.3 Å². The maximum absolute atomic E-state index is 5.67. The zero-order valence-electron chi connectivity index (χ0n) is 9.12. The molecule has 0 fully saturated rings. The van der Waals surface area contributed by atoms with Gasteiger partial charge in [-0.15, -0.1) is 0 Å². The monoisotopic (exact) mass is 192 g/mol. The Morgan fingerprint density at radius 3 is 2.20 bits per heavy atom. The average molecular weight is 192 g/mol. The van der Waals surface area contributed by atoms with Gasteiger partial charge in [-0.25, -0.2) is 0 Å². The van der Waals surface area contributed by atoms with Gasteiger partial charge in [-0.3, -0.25) is 0 Å². The summed E-state index contributed by atoms with van der Waals surface area (Å²) in [6.45, 7) is 4.24. The van der Waals surface area contributed by atoms with Crippen molar-refractivity contribution in [1.29, 1.82) is 0 Å². The predicted molar refractivity (Wildman–Crippen MR) is 66.7 cm³/mol. The van der Waals surface area contributed by atoms with Crippen molar-refractivity contribution in [2.24, 2.45) is 0 Å². The molecule has 0 atom stereocenters. The van der Waals surface area contributed by atoms with Crippen molar-refractivity contribution in [3.63, 3.8) is 0 Å². The minimum atomic E-state index is 0.809. The summed E-state index contributed by atoms with van der Waals surface area (Å²) in [7, 11) is 5.67. The van der Waals surface area contributed by atoms with Crippen LogP contribution in [0.5, 0.6) is 0 Å². The van der Waals surface area contributed by atoms with Crippen molar-refractivity contribution in [1.82, 2.24) is 0 Å². The van der Waals surface area contributed by atoms with Crippen molar-refractivity contribution in [2.45, 2.75) is 13.8 Å². The molecule has 0 saturated carbocycles. The predicted octanol–water partition coefficient (Wildman–Crippen LogP) is 2.76. The molecule has 0 bridgehead atoms. The molecule has 2 radical (unpaired) electrons. The highest BCUT2D eigenvalue weighted by Crippen LogP contribution is 2.23. The van der Waals surface area contributed by atoms with Crippen LogP contribution in [0.25, 0.3) is 11.1 Å². The van der Waals surface area contributed by atoms with Crippen LogP contribution in [0.3, 0.4) is 0 Å². The molecule has 0 aliphatic heterocycles. The Morgan fingerprint density at radius 1 is 0.867 bits per heavy atom. The van der Waals surface area contributed by atoms with Crippen LogP contribution in [0.4, 0.5) is 0 Å². The summed E-state index contributed by atoms with van der Waals surface area (Å²) in [4.78, 5) is 0. The maximum Gasteiger partial charge on any atom is 0.113 e. The highest BCUT2D eigenvalue weighted by Gasteiger charge is 2.01. The molecule has 0 N–H and O–H groups in total. The maximum atomic E-state index is 5.67. The average Bonchev–Trinajstić information content (AvgIpc) is 2.23. The number of benzene rings is 2. The summed E-state index contributed by atoms with van der Waals surface area (Å²) in [5.74, 6) is 0. The van der Waals surface area contributed by atoms with Gasteiger partial charge in [-0.2, -0.15) is 0 Å². The first kappa shape index (κ1) is 10.0. The molecular weight excluding hydrogens is 179 g/mol. The molecule has 0 unspecified atom stereocenters. The van der Waals surface area contributed by atoms with Gasteiger partial charge in [-0.05, 0) is 30.5 Å². The van der Waals surface area contributed by atoms with Crippen LogP contribution in [-0.4, -0.2) is 7.85 Å². The number of hydrogen-bond donors (Lipinski definition) is 0. The molecule has 0 spiro atoms. The fourth-order valence-corrected chi connectivity index (χ4v) is 1.71. The van der Waals surface area contributed by atoms with E-state index in [2.05, 4.69) is 44.2 Å². The van der Waals surface area contributed by atoms with Gasteiger partial charge >= 0.3 is 0 Å². The molecule has 0 aliphatic carbocycles. The Bertz CT molecular complexity index is 469. The van der Waals surface area contributed by atoms with Gasteiger partial charge in [0.05, 0.1) is 0 Å². The summed E-state index contributed by atoms with van der Waals surface area (Å²) in [5.41, 5.74) is 5.90. The van der Waals surface area contributed by atoms with Crippen molar-refractivity contribution < 1.29 is 0 Å². The summed E-state index contributed by atoms with van der Waals surface area (Å²) in [5, 5.41) is 0. The molecule has 2 aromatic carbocycles. The SMILES string of the molecule is [B]c1ccc(-c2cc(C)ccc2C)cc1. The Kier molecular flexibility index (Phi) is 2.63. The molecule has 0 aliphatic rings. The van der Waals surface area contributed by atoms with E-state index >= 15 is 0 Å². The van der Waals surface area contributed by atoms with Gasteiger partial charge in [0, 0.05) is 0 Å². The third-order valence-electron chi connectivity index (χ3n) is 2.61. The van der Waals surface area contributed by atoms with Gasteiger partial charge < -0.3 is 0 Å². The lowest BCUT2D eigenvalue weighted by Crippen LogP contribution is -1.99. The fraction of sp³-hybridized carbons (Fsp3) is 0.143. The lowest BCUT2D eigenvalue weighted by molar-refractivity contribution is 1.39. The Labute approximate surface area is 92.4 Å². The van der Waals surface area contributed by atoms with Crippen molar-refractivity contribution in [3.05, 3.63) is 53.6 Å². The zero-order valence-corrected chi connectivity index (χ0v) is 9.12. The molecule has 0 aromatic heterocycles. The van der Waals surface area contributed by atoms with Crippen LogP contribution in [0, 0.1) is 13.8 Å². The highest BCUT2D eigenvalue weighted by molar-refractivity contribution is 6.32. The van der Waals surface area contributed by atoms with Crippen molar-refractivity contribution in [3.8, 4) is 11.1 Å². The zero-order chi connectivity index (χ0) is 10.8. The van der Waals surface area contributed by atoms with Crippen LogP contribution in [0.15, 0.2) is 42.5 Å². The second-order valence-electron chi connectivity index (χ2n) is 3.94. The molecule has 2 rings (SSSR count). The minimum absolute atomic E-state index is 0.809. The van der Waals surface area contributed by atoms with Gasteiger partial charge in [0.2, 0.25) is 0 Å². The van der Waals surface area contributed by atoms with E-state index < -0.39 is 0 Å². The molecule has 15 heavy (non-hydrogen) atoms. The van der Waals surface area contributed by atoms with Crippen LogP contribution >= 0.6 is 0 Å².